The van der Waals surface area contributed by atoms with Crippen molar-refractivity contribution in [3.05, 3.63) is 101 Å². The number of amides is 2. The summed E-state index contributed by atoms with van der Waals surface area (Å²) in [5.41, 5.74) is 2.36. The van der Waals surface area contributed by atoms with Crippen molar-refractivity contribution in [1.82, 2.24) is 0 Å². The maximum Gasteiger partial charge on any atom is 0.266 e. The number of hydrogen-bond acceptors (Lipinski definition) is 4. The van der Waals surface area contributed by atoms with Crippen LogP contribution >= 0.6 is 15.9 Å². The minimum absolute atomic E-state index is 0.251. The van der Waals surface area contributed by atoms with Gasteiger partial charge in [-0.3, -0.25) is 14.4 Å². The van der Waals surface area contributed by atoms with Crippen LogP contribution < -0.4 is 9.96 Å². The monoisotopic (exact) mass is 474 g/mol. The number of imide groups is 1. The van der Waals surface area contributed by atoms with E-state index in [9.17, 15) is 9.59 Å². The number of anilines is 2. The molecule has 154 valence electrons. The number of carbonyl (C=O) groups is 2. The standard InChI is InChI=1S/C25H19BrN2O3/c26-18-12-14-19(15-13-18)27-24(29)22-21(16-11-17-7-3-1-4-8-17)28(31-23(22)25(27)30)20-9-5-2-6-10-20/h1-16,21-23H/b16-11+/t21-,22+,23+/m0/s1. The molecule has 2 aliphatic rings. The van der Waals surface area contributed by atoms with Gasteiger partial charge in [0.2, 0.25) is 5.91 Å². The van der Waals surface area contributed by atoms with Crippen LogP contribution in [0.5, 0.6) is 0 Å². The van der Waals surface area contributed by atoms with Crippen molar-refractivity contribution in [2.45, 2.75) is 12.1 Å². The van der Waals surface area contributed by atoms with E-state index in [1.165, 1.54) is 4.90 Å². The lowest BCUT2D eigenvalue weighted by Crippen LogP contribution is -2.39. The van der Waals surface area contributed by atoms with E-state index in [0.717, 1.165) is 15.7 Å². The lowest BCUT2D eigenvalue weighted by molar-refractivity contribution is -0.126. The first-order chi connectivity index (χ1) is 15.1. The van der Waals surface area contributed by atoms with Crippen LogP contribution in [-0.2, 0) is 14.4 Å². The second kappa shape index (κ2) is 8.13. The molecule has 2 amide bonds. The Morgan fingerprint density at radius 2 is 1.42 bits per heavy atom. The number of nitrogens with zero attached hydrogens (tertiary/aromatic N) is 2. The molecule has 3 atom stereocenters. The summed E-state index contributed by atoms with van der Waals surface area (Å²) in [5, 5.41) is 1.68. The summed E-state index contributed by atoms with van der Waals surface area (Å²) in [6.45, 7) is 0. The maximum atomic E-state index is 13.4. The van der Waals surface area contributed by atoms with Crippen LogP contribution in [0.25, 0.3) is 6.08 Å². The lowest BCUT2D eigenvalue weighted by atomic mass is 9.95. The number of fused-ring (bicyclic) bond motifs is 1. The summed E-state index contributed by atoms with van der Waals surface area (Å²) in [7, 11) is 0. The highest BCUT2D eigenvalue weighted by Crippen LogP contribution is 2.41. The summed E-state index contributed by atoms with van der Waals surface area (Å²) >= 11 is 3.39. The Hall–Kier alpha value is -3.22. The molecule has 0 aromatic heterocycles. The third-order valence-electron chi connectivity index (χ3n) is 5.54. The van der Waals surface area contributed by atoms with E-state index in [2.05, 4.69) is 15.9 Å². The molecule has 5 rings (SSSR count). The fourth-order valence-corrected chi connectivity index (χ4v) is 4.33. The molecule has 2 heterocycles. The zero-order chi connectivity index (χ0) is 21.4. The van der Waals surface area contributed by atoms with Crippen molar-refractivity contribution in [2.75, 3.05) is 9.96 Å². The Bertz CT molecular complexity index is 1130. The van der Waals surface area contributed by atoms with Gasteiger partial charge in [0.05, 0.1) is 17.4 Å². The second-order valence-electron chi connectivity index (χ2n) is 7.46. The predicted molar refractivity (Wildman–Crippen MR) is 123 cm³/mol. The van der Waals surface area contributed by atoms with E-state index in [-0.39, 0.29) is 11.8 Å². The lowest BCUT2D eigenvalue weighted by Gasteiger charge is -2.26. The number of halogens is 1. The van der Waals surface area contributed by atoms with Crippen molar-refractivity contribution in [1.29, 1.82) is 0 Å². The summed E-state index contributed by atoms with van der Waals surface area (Å²) in [5.74, 6) is -1.22. The van der Waals surface area contributed by atoms with E-state index < -0.39 is 18.1 Å². The molecule has 0 bridgehead atoms. The van der Waals surface area contributed by atoms with Gasteiger partial charge in [0.1, 0.15) is 5.92 Å². The highest BCUT2D eigenvalue weighted by Gasteiger charge is 2.59. The highest BCUT2D eigenvalue weighted by molar-refractivity contribution is 9.10. The van der Waals surface area contributed by atoms with E-state index in [0.29, 0.717) is 5.69 Å². The van der Waals surface area contributed by atoms with E-state index in [1.54, 1.807) is 17.2 Å². The van der Waals surface area contributed by atoms with Gasteiger partial charge in [0.25, 0.3) is 5.91 Å². The topological polar surface area (TPSA) is 49.9 Å². The predicted octanol–water partition coefficient (Wildman–Crippen LogP) is 4.84. The summed E-state index contributed by atoms with van der Waals surface area (Å²) in [4.78, 5) is 34.0. The molecule has 0 radical (unpaired) electrons. The number of hydroxylamine groups is 1. The van der Waals surface area contributed by atoms with E-state index >= 15 is 0 Å². The third kappa shape index (κ3) is 3.58. The Morgan fingerprint density at radius 3 is 2.10 bits per heavy atom. The van der Waals surface area contributed by atoms with Crippen molar-refractivity contribution in [3.63, 3.8) is 0 Å². The molecular formula is C25H19BrN2O3. The molecule has 31 heavy (non-hydrogen) atoms. The number of para-hydroxylation sites is 1. The van der Waals surface area contributed by atoms with Gasteiger partial charge in [-0.05, 0) is 42.0 Å². The first-order valence-corrected chi connectivity index (χ1v) is 10.8. The largest absolute Gasteiger partial charge is 0.273 e. The van der Waals surface area contributed by atoms with Crippen molar-refractivity contribution in [3.8, 4) is 0 Å². The molecule has 0 saturated carbocycles. The van der Waals surface area contributed by atoms with Crippen LogP contribution in [-0.4, -0.2) is 24.0 Å². The molecule has 0 N–H and O–H groups in total. The van der Waals surface area contributed by atoms with E-state index in [4.69, 9.17) is 4.84 Å². The highest BCUT2D eigenvalue weighted by atomic mass is 79.9. The van der Waals surface area contributed by atoms with Crippen LogP contribution in [0.2, 0.25) is 0 Å². The minimum Gasteiger partial charge on any atom is -0.273 e. The SMILES string of the molecule is O=C1[C@H]2[C@@H](ON(c3ccccc3)[C@H]2/C=C/c2ccccc2)C(=O)N1c1ccc(Br)cc1. The van der Waals surface area contributed by atoms with Gasteiger partial charge in [-0.2, -0.15) is 0 Å². The van der Waals surface area contributed by atoms with Crippen molar-refractivity contribution < 1.29 is 14.4 Å². The summed E-state index contributed by atoms with van der Waals surface area (Å²) in [6.07, 6.45) is 3.05. The Morgan fingerprint density at radius 1 is 0.774 bits per heavy atom. The van der Waals surface area contributed by atoms with Gasteiger partial charge in [0, 0.05) is 4.47 Å². The molecular weight excluding hydrogens is 456 g/mol. The fourth-order valence-electron chi connectivity index (χ4n) is 4.07. The smallest absolute Gasteiger partial charge is 0.266 e. The number of hydrogen-bond donors (Lipinski definition) is 0. The Kier molecular flexibility index (Phi) is 5.18. The minimum atomic E-state index is -0.859. The molecule has 5 nitrogen and oxygen atoms in total. The molecule has 2 saturated heterocycles. The van der Waals surface area contributed by atoms with Crippen LogP contribution in [0, 0.1) is 5.92 Å². The summed E-state index contributed by atoms with van der Waals surface area (Å²) in [6, 6.07) is 26.1. The summed E-state index contributed by atoms with van der Waals surface area (Å²) < 4.78 is 0.880. The molecule has 0 unspecified atom stereocenters. The van der Waals surface area contributed by atoms with Gasteiger partial charge in [-0.1, -0.05) is 76.6 Å². The first-order valence-electron chi connectivity index (χ1n) is 10.0. The third-order valence-corrected chi connectivity index (χ3v) is 6.07. The maximum absolute atomic E-state index is 13.4. The van der Waals surface area contributed by atoms with Gasteiger partial charge in [0.15, 0.2) is 6.10 Å². The van der Waals surface area contributed by atoms with Gasteiger partial charge in [-0.25, -0.2) is 9.96 Å². The zero-order valence-corrected chi connectivity index (χ0v) is 18.1. The first kappa shape index (κ1) is 19.7. The van der Waals surface area contributed by atoms with Gasteiger partial charge < -0.3 is 0 Å². The molecule has 2 fully saturated rings. The van der Waals surface area contributed by atoms with Crippen LogP contribution in [0.1, 0.15) is 5.56 Å². The van der Waals surface area contributed by atoms with Crippen LogP contribution in [0.15, 0.2) is 95.5 Å². The molecule has 0 spiro atoms. The van der Waals surface area contributed by atoms with Crippen LogP contribution in [0.4, 0.5) is 11.4 Å². The average Bonchev–Trinajstić information content (AvgIpc) is 3.30. The van der Waals surface area contributed by atoms with Crippen molar-refractivity contribution in [2.24, 2.45) is 5.92 Å². The number of benzene rings is 3. The fraction of sp³-hybridized carbons (Fsp3) is 0.120. The molecule has 0 aliphatic carbocycles. The quantitative estimate of drug-likeness (QED) is 0.507. The average molecular weight is 475 g/mol. The Balaban J connectivity index is 1.52. The van der Waals surface area contributed by atoms with Gasteiger partial charge >= 0.3 is 0 Å². The molecule has 2 aliphatic heterocycles. The van der Waals surface area contributed by atoms with Crippen molar-refractivity contribution >= 4 is 45.2 Å². The molecule has 3 aromatic carbocycles. The molecule has 6 heteroatoms. The number of carbonyl (C=O) groups excluding carboxylic acids is 2. The Labute approximate surface area is 188 Å². The van der Waals surface area contributed by atoms with Gasteiger partial charge in [-0.15, -0.1) is 0 Å². The second-order valence-corrected chi connectivity index (χ2v) is 8.38. The number of rotatable bonds is 4. The molecule has 3 aromatic rings. The van der Waals surface area contributed by atoms with Crippen LogP contribution in [0.3, 0.4) is 0 Å². The normalized spacial score (nSPS) is 23.1. The zero-order valence-electron chi connectivity index (χ0n) is 16.5. The van der Waals surface area contributed by atoms with E-state index in [1.807, 2.05) is 84.9 Å².